The number of benzene rings is 2. The Hall–Kier alpha value is -4.97. The Kier molecular flexibility index (Phi) is 8.39. The van der Waals surface area contributed by atoms with Crippen LogP contribution in [0.5, 0.6) is 0 Å². The van der Waals surface area contributed by atoms with Crippen LogP contribution in [0.25, 0.3) is 11.0 Å². The molecule has 46 heavy (non-hydrogen) atoms. The zero-order valence-electron chi connectivity index (χ0n) is 26.0. The van der Waals surface area contributed by atoms with E-state index < -0.39 is 11.6 Å². The first-order valence-corrected chi connectivity index (χ1v) is 15.4. The van der Waals surface area contributed by atoms with Gasteiger partial charge < -0.3 is 29.9 Å². The topological polar surface area (TPSA) is 153 Å². The van der Waals surface area contributed by atoms with Crippen LogP contribution in [0.4, 0.5) is 5.69 Å². The number of likely N-dealkylation sites (tertiary alicyclic amines) is 2. The summed E-state index contributed by atoms with van der Waals surface area (Å²) in [4.78, 5) is 60.8. The Bertz CT molecular complexity index is 1840. The number of nitrogens with two attached hydrogens (primary N) is 1. The molecule has 0 spiro atoms. The SMILES string of the molecule is COC(=O)c1cc(N)cc(C(=O)N2CC[C@@H](C(=O)N3CCC(O)(Cn4cnc5c(ccn5C)c4=O)CC3)[C@H](c3ccccc3)C2)c1. The molecule has 2 aromatic heterocycles. The van der Waals surface area contributed by atoms with Crippen LogP contribution in [0.3, 0.4) is 0 Å². The Balaban J connectivity index is 1.16. The van der Waals surface area contributed by atoms with Gasteiger partial charge in [0.15, 0.2) is 0 Å². The van der Waals surface area contributed by atoms with Crippen LogP contribution in [-0.2, 0) is 23.1 Å². The highest BCUT2D eigenvalue weighted by atomic mass is 16.5. The van der Waals surface area contributed by atoms with Gasteiger partial charge in [-0.05, 0) is 49.1 Å². The standard InChI is InChI=1S/C34H38N6O6/c1-37-12-8-27-29(37)36-21-40(32(27)43)20-34(45)10-14-38(15-11-34)31(42)26-9-13-39(19-28(26)22-6-4-3-5-7-22)30(41)23-16-24(33(44)46-2)18-25(35)17-23/h3-8,12,16-18,21,26,28,45H,9-11,13-15,19-20,35H2,1-2H3/t26-,28+/m1/s1. The zero-order valence-corrected chi connectivity index (χ0v) is 26.0. The molecule has 2 aromatic carbocycles. The molecule has 2 atom stereocenters. The minimum Gasteiger partial charge on any atom is -0.465 e. The van der Waals surface area contributed by atoms with Crippen LogP contribution in [-0.4, -0.2) is 85.7 Å². The molecule has 0 bridgehead atoms. The predicted molar refractivity (Wildman–Crippen MR) is 171 cm³/mol. The largest absolute Gasteiger partial charge is 0.465 e. The molecule has 0 saturated carbocycles. The smallest absolute Gasteiger partial charge is 0.337 e. The maximum absolute atomic E-state index is 14.1. The van der Waals surface area contributed by atoms with Gasteiger partial charge in [-0.2, -0.15) is 0 Å². The number of aliphatic hydroxyl groups is 1. The molecule has 2 aliphatic heterocycles. The average molecular weight is 627 g/mol. The van der Waals surface area contributed by atoms with Crippen LogP contribution in [0, 0.1) is 5.92 Å². The molecule has 4 heterocycles. The number of amides is 2. The van der Waals surface area contributed by atoms with E-state index in [0.717, 1.165) is 5.56 Å². The van der Waals surface area contributed by atoms with E-state index in [-0.39, 0.29) is 52.6 Å². The molecule has 2 aliphatic rings. The molecule has 2 saturated heterocycles. The molecule has 3 N–H and O–H groups in total. The van der Waals surface area contributed by atoms with E-state index in [1.54, 1.807) is 32.7 Å². The van der Waals surface area contributed by atoms with E-state index in [9.17, 15) is 24.3 Å². The summed E-state index contributed by atoms with van der Waals surface area (Å²) in [6.07, 6.45) is 4.35. The number of nitrogen functional groups attached to an aromatic ring is 1. The zero-order chi connectivity index (χ0) is 32.6. The Labute approximate surface area is 266 Å². The minimum absolute atomic E-state index is 0.00975. The number of carbonyl (C=O) groups excluding carboxylic acids is 3. The number of ether oxygens (including phenoxy) is 1. The van der Waals surface area contributed by atoms with E-state index >= 15 is 0 Å². The Morgan fingerprint density at radius 2 is 1.74 bits per heavy atom. The van der Waals surface area contributed by atoms with Crippen LogP contribution < -0.4 is 11.3 Å². The number of aromatic nitrogens is 3. The quantitative estimate of drug-likeness (QED) is 0.245. The molecule has 2 amide bonds. The van der Waals surface area contributed by atoms with Gasteiger partial charge in [0.1, 0.15) is 12.0 Å². The third-order valence-electron chi connectivity index (χ3n) is 9.39. The summed E-state index contributed by atoms with van der Waals surface area (Å²) in [5.41, 5.74) is 6.96. The summed E-state index contributed by atoms with van der Waals surface area (Å²) in [6.45, 7) is 1.48. The van der Waals surface area contributed by atoms with E-state index in [1.165, 1.54) is 30.1 Å². The van der Waals surface area contributed by atoms with Gasteiger partial charge in [0.2, 0.25) is 5.91 Å². The second-order valence-electron chi connectivity index (χ2n) is 12.4. The fourth-order valence-corrected chi connectivity index (χ4v) is 6.81. The first-order valence-electron chi connectivity index (χ1n) is 15.4. The van der Waals surface area contributed by atoms with Gasteiger partial charge in [0.25, 0.3) is 11.5 Å². The monoisotopic (exact) mass is 626 g/mol. The number of hydrogen-bond donors (Lipinski definition) is 2. The number of rotatable bonds is 6. The lowest BCUT2D eigenvalue weighted by atomic mass is 9.79. The first kappa shape index (κ1) is 31.0. The molecule has 12 nitrogen and oxygen atoms in total. The highest BCUT2D eigenvalue weighted by molar-refractivity contribution is 5.99. The number of esters is 1. The molecular weight excluding hydrogens is 588 g/mol. The number of methoxy groups -OCH3 is 1. The van der Waals surface area contributed by atoms with E-state index in [1.807, 2.05) is 37.4 Å². The van der Waals surface area contributed by atoms with E-state index in [2.05, 4.69) is 4.98 Å². The second-order valence-corrected chi connectivity index (χ2v) is 12.4. The lowest BCUT2D eigenvalue weighted by Gasteiger charge is -2.43. The molecule has 6 rings (SSSR count). The van der Waals surface area contributed by atoms with Gasteiger partial charge >= 0.3 is 5.97 Å². The van der Waals surface area contributed by atoms with Crippen LogP contribution >= 0.6 is 0 Å². The fraction of sp³-hybridized carbons (Fsp3) is 0.382. The summed E-state index contributed by atoms with van der Waals surface area (Å²) >= 11 is 0. The molecule has 240 valence electrons. The molecule has 2 fully saturated rings. The normalized spacial score (nSPS) is 19.6. The predicted octanol–water partition coefficient (Wildman–Crippen LogP) is 2.40. The lowest BCUT2D eigenvalue weighted by Crippen LogP contribution is -2.53. The van der Waals surface area contributed by atoms with E-state index in [0.29, 0.717) is 56.5 Å². The van der Waals surface area contributed by atoms with Gasteiger partial charge in [0.05, 0.1) is 30.2 Å². The summed E-state index contributed by atoms with van der Waals surface area (Å²) < 4.78 is 8.04. The van der Waals surface area contributed by atoms with Crippen molar-refractivity contribution in [2.75, 3.05) is 39.0 Å². The van der Waals surface area contributed by atoms with Crippen molar-refractivity contribution in [3.63, 3.8) is 0 Å². The molecule has 12 heteroatoms. The molecule has 4 aromatic rings. The molecule has 0 unspecified atom stereocenters. The fourth-order valence-electron chi connectivity index (χ4n) is 6.81. The van der Waals surface area contributed by atoms with E-state index in [4.69, 9.17) is 10.5 Å². The van der Waals surface area contributed by atoms with Crippen molar-refractivity contribution in [2.24, 2.45) is 13.0 Å². The van der Waals surface area contributed by atoms with Crippen molar-refractivity contribution in [3.8, 4) is 0 Å². The first-order chi connectivity index (χ1) is 22.1. The number of aryl methyl sites for hydroxylation is 1. The summed E-state index contributed by atoms with van der Waals surface area (Å²) in [7, 11) is 3.09. The van der Waals surface area contributed by atoms with Gasteiger partial charge in [-0.15, -0.1) is 0 Å². The van der Waals surface area contributed by atoms with Gasteiger partial charge in [0, 0.05) is 62.5 Å². The average Bonchev–Trinajstić information content (AvgIpc) is 3.46. The number of nitrogens with zero attached hydrogens (tertiary/aromatic N) is 5. The van der Waals surface area contributed by atoms with Gasteiger partial charge in [-0.25, -0.2) is 9.78 Å². The Morgan fingerprint density at radius 3 is 2.46 bits per heavy atom. The molecular formula is C34H38N6O6. The highest BCUT2D eigenvalue weighted by Gasteiger charge is 2.42. The molecule has 0 aliphatic carbocycles. The minimum atomic E-state index is -1.15. The lowest BCUT2D eigenvalue weighted by molar-refractivity contribution is -0.142. The number of carbonyl (C=O) groups is 3. The maximum atomic E-state index is 14.1. The van der Waals surface area contributed by atoms with Crippen molar-refractivity contribution >= 4 is 34.5 Å². The van der Waals surface area contributed by atoms with Crippen molar-refractivity contribution in [1.82, 2.24) is 23.9 Å². The van der Waals surface area contributed by atoms with Crippen LogP contribution in [0.15, 0.2) is 71.9 Å². The van der Waals surface area contributed by atoms with Crippen molar-refractivity contribution in [3.05, 3.63) is 94.2 Å². The third kappa shape index (κ3) is 6.00. The highest BCUT2D eigenvalue weighted by Crippen LogP contribution is 2.36. The third-order valence-corrected chi connectivity index (χ3v) is 9.39. The Morgan fingerprint density at radius 1 is 1.02 bits per heavy atom. The summed E-state index contributed by atoms with van der Waals surface area (Å²) in [5.74, 6) is -1.48. The number of piperidine rings is 2. The van der Waals surface area contributed by atoms with Crippen molar-refractivity contribution in [2.45, 2.75) is 37.3 Å². The van der Waals surface area contributed by atoms with Crippen molar-refractivity contribution < 1.29 is 24.2 Å². The van der Waals surface area contributed by atoms with Crippen molar-refractivity contribution in [1.29, 1.82) is 0 Å². The number of fused-ring (bicyclic) bond motifs is 1. The van der Waals surface area contributed by atoms with Gasteiger partial charge in [-0.3, -0.25) is 19.0 Å². The summed E-state index contributed by atoms with van der Waals surface area (Å²) in [5, 5.41) is 11.9. The number of hydrogen-bond acceptors (Lipinski definition) is 8. The summed E-state index contributed by atoms with van der Waals surface area (Å²) in [6, 6.07) is 15.9. The van der Waals surface area contributed by atoms with Crippen LogP contribution in [0.2, 0.25) is 0 Å². The number of anilines is 1. The van der Waals surface area contributed by atoms with Gasteiger partial charge in [-0.1, -0.05) is 30.3 Å². The second kappa shape index (κ2) is 12.4. The maximum Gasteiger partial charge on any atom is 0.337 e. The molecule has 0 radical (unpaired) electrons. The van der Waals surface area contributed by atoms with Crippen LogP contribution in [0.1, 0.15) is 51.5 Å².